The summed E-state index contributed by atoms with van der Waals surface area (Å²) in [6.07, 6.45) is 2.42. The van der Waals surface area contributed by atoms with Gasteiger partial charge in [0, 0.05) is 30.2 Å². The summed E-state index contributed by atoms with van der Waals surface area (Å²) in [5.74, 6) is 2.09. The van der Waals surface area contributed by atoms with Crippen molar-refractivity contribution >= 4 is 11.7 Å². The summed E-state index contributed by atoms with van der Waals surface area (Å²) in [5, 5.41) is 10.3. The van der Waals surface area contributed by atoms with Crippen molar-refractivity contribution in [3.63, 3.8) is 0 Å². The van der Waals surface area contributed by atoms with Crippen LogP contribution in [0.2, 0.25) is 0 Å². The lowest BCUT2D eigenvalue weighted by Crippen LogP contribution is -2.30. The fourth-order valence-corrected chi connectivity index (χ4v) is 3.19. The van der Waals surface area contributed by atoms with Gasteiger partial charge in [-0.1, -0.05) is 6.07 Å². The number of fused-ring (bicyclic) bond motifs is 1. The Morgan fingerprint density at radius 3 is 2.86 bits per heavy atom. The minimum Gasteiger partial charge on any atom is -0.454 e. The van der Waals surface area contributed by atoms with E-state index in [1.807, 2.05) is 36.7 Å². The van der Waals surface area contributed by atoms with Gasteiger partial charge in [-0.15, -0.1) is 0 Å². The highest BCUT2D eigenvalue weighted by atomic mass is 16.7. The molecule has 0 bridgehead atoms. The van der Waals surface area contributed by atoms with Gasteiger partial charge in [0.2, 0.25) is 6.79 Å². The molecule has 3 heterocycles. The number of rotatable bonds is 5. The first-order valence-electron chi connectivity index (χ1n) is 9.03. The second kappa shape index (κ2) is 7.59. The third-order valence-corrected chi connectivity index (χ3v) is 4.60. The second-order valence-corrected chi connectivity index (χ2v) is 6.45. The van der Waals surface area contributed by atoms with Gasteiger partial charge in [0.1, 0.15) is 0 Å². The van der Waals surface area contributed by atoms with Gasteiger partial charge in [0.05, 0.1) is 5.69 Å². The molecular formula is C20H21N5O3. The van der Waals surface area contributed by atoms with Crippen LogP contribution in [-0.2, 0) is 6.42 Å². The summed E-state index contributed by atoms with van der Waals surface area (Å²) in [6.45, 7) is 4.67. The molecule has 0 saturated heterocycles. The van der Waals surface area contributed by atoms with E-state index in [9.17, 15) is 4.79 Å². The van der Waals surface area contributed by atoms with Crippen LogP contribution in [0.3, 0.4) is 0 Å². The van der Waals surface area contributed by atoms with E-state index in [4.69, 9.17) is 9.47 Å². The smallest absolute Gasteiger partial charge is 0.319 e. The van der Waals surface area contributed by atoms with Crippen LogP contribution in [0.4, 0.5) is 10.5 Å². The Bertz CT molecular complexity index is 1000. The van der Waals surface area contributed by atoms with Crippen LogP contribution < -0.4 is 20.1 Å². The van der Waals surface area contributed by atoms with Crippen LogP contribution in [0.1, 0.15) is 17.0 Å². The SMILES string of the molecule is Cc1nn(-c2ccccn2)c(C)c1CCNC(=O)Nc1ccc2c(c1)OCO2. The van der Waals surface area contributed by atoms with Crippen LogP contribution in [-0.4, -0.2) is 34.1 Å². The monoisotopic (exact) mass is 379 g/mol. The van der Waals surface area contributed by atoms with Gasteiger partial charge in [-0.05, 0) is 50.1 Å². The Hall–Kier alpha value is -3.55. The molecule has 3 aromatic rings. The predicted molar refractivity (Wildman–Crippen MR) is 104 cm³/mol. The quantitative estimate of drug-likeness (QED) is 0.711. The molecule has 0 radical (unpaired) electrons. The summed E-state index contributed by atoms with van der Waals surface area (Å²) < 4.78 is 12.4. The van der Waals surface area contributed by atoms with Gasteiger partial charge in [0.15, 0.2) is 17.3 Å². The van der Waals surface area contributed by atoms with Gasteiger partial charge in [-0.2, -0.15) is 5.10 Å². The molecule has 0 saturated carbocycles. The number of anilines is 1. The summed E-state index contributed by atoms with van der Waals surface area (Å²) >= 11 is 0. The molecule has 0 unspecified atom stereocenters. The first kappa shape index (κ1) is 17.8. The minimum atomic E-state index is -0.272. The molecule has 0 fully saturated rings. The Kier molecular flexibility index (Phi) is 4.84. The Balaban J connectivity index is 1.35. The lowest BCUT2D eigenvalue weighted by atomic mass is 10.1. The Labute approximate surface area is 162 Å². The number of nitrogens with one attached hydrogen (secondary N) is 2. The zero-order valence-corrected chi connectivity index (χ0v) is 15.7. The van der Waals surface area contributed by atoms with Crippen molar-refractivity contribution < 1.29 is 14.3 Å². The first-order chi connectivity index (χ1) is 13.6. The van der Waals surface area contributed by atoms with Gasteiger partial charge < -0.3 is 20.1 Å². The molecule has 8 heteroatoms. The third kappa shape index (κ3) is 3.62. The van der Waals surface area contributed by atoms with Crippen molar-refractivity contribution in [1.29, 1.82) is 0 Å². The highest BCUT2D eigenvalue weighted by Crippen LogP contribution is 2.34. The number of benzene rings is 1. The number of aromatic nitrogens is 3. The van der Waals surface area contributed by atoms with Crippen LogP contribution >= 0.6 is 0 Å². The molecular weight excluding hydrogens is 358 g/mol. The standard InChI is InChI=1S/C20H21N5O3/c1-13-16(14(2)25(24-13)19-5-3-4-9-21-19)8-10-22-20(26)23-15-6-7-17-18(11-15)28-12-27-17/h3-7,9,11H,8,10,12H2,1-2H3,(H2,22,23,26). The van der Waals surface area contributed by atoms with Gasteiger partial charge in [-0.25, -0.2) is 14.5 Å². The molecule has 0 atom stereocenters. The largest absolute Gasteiger partial charge is 0.454 e. The van der Waals surface area contributed by atoms with Crippen molar-refractivity contribution in [1.82, 2.24) is 20.1 Å². The van der Waals surface area contributed by atoms with Crippen LogP contribution in [0, 0.1) is 13.8 Å². The lowest BCUT2D eigenvalue weighted by molar-refractivity contribution is 0.174. The van der Waals surface area contributed by atoms with E-state index in [0.29, 0.717) is 30.2 Å². The molecule has 2 N–H and O–H groups in total. The number of carbonyl (C=O) groups excluding carboxylic acids is 1. The maximum atomic E-state index is 12.2. The van der Waals surface area contributed by atoms with E-state index in [1.54, 1.807) is 24.4 Å². The number of ether oxygens (including phenoxy) is 2. The van der Waals surface area contributed by atoms with Crippen molar-refractivity contribution in [3.05, 3.63) is 59.5 Å². The van der Waals surface area contributed by atoms with Crippen LogP contribution in [0.5, 0.6) is 11.5 Å². The number of urea groups is 1. The van der Waals surface area contributed by atoms with E-state index in [0.717, 1.165) is 22.8 Å². The van der Waals surface area contributed by atoms with E-state index in [1.165, 1.54) is 0 Å². The summed E-state index contributed by atoms with van der Waals surface area (Å²) in [5.41, 5.74) is 3.71. The van der Waals surface area contributed by atoms with E-state index in [2.05, 4.69) is 20.7 Å². The molecule has 28 heavy (non-hydrogen) atoms. The van der Waals surface area contributed by atoms with Crippen molar-refractivity contribution in [2.24, 2.45) is 0 Å². The lowest BCUT2D eigenvalue weighted by Gasteiger charge is -2.09. The molecule has 1 aromatic carbocycles. The number of amides is 2. The highest BCUT2D eigenvalue weighted by Gasteiger charge is 2.15. The summed E-state index contributed by atoms with van der Waals surface area (Å²) in [4.78, 5) is 16.5. The van der Waals surface area contributed by atoms with E-state index in [-0.39, 0.29) is 12.8 Å². The van der Waals surface area contributed by atoms with Gasteiger partial charge in [0.25, 0.3) is 0 Å². The maximum absolute atomic E-state index is 12.2. The van der Waals surface area contributed by atoms with Gasteiger partial charge >= 0.3 is 6.03 Å². The third-order valence-electron chi connectivity index (χ3n) is 4.60. The minimum absolute atomic E-state index is 0.204. The zero-order chi connectivity index (χ0) is 19.5. The van der Waals surface area contributed by atoms with Crippen molar-refractivity contribution in [2.45, 2.75) is 20.3 Å². The fraction of sp³-hybridized carbons (Fsp3) is 0.250. The molecule has 144 valence electrons. The number of nitrogens with zero attached hydrogens (tertiary/aromatic N) is 3. The number of aryl methyl sites for hydroxylation is 1. The fourth-order valence-electron chi connectivity index (χ4n) is 3.19. The topological polar surface area (TPSA) is 90.3 Å². The average Bonchev–Trinajstić information content (AvgIpc) is 3.27. The van der Waals surface area contributed by atoms with E-state index < -0.39 is 0 Å². The number of hydrogen-bond donors (Lipinski definition) is 2. The number of pyridine rings is 1. The Morgan fingerprint density at radius 1 is 1.18 bits per heavy atom. The summed E-state index contributed by atoms with van der Waals surface area (Å²) in [6, 6.07) is 10.7. The normalized spacial score (nSPS) is 12.1. The first-order valence-corrected chi connectivity index (χ1v) is 9.03. The summed E-state index contributed by atoms with van der Waals surface area (Å²) in [7, 11) is 0. The number of carbonyl (C=O) groups is 1. The van der Waals surface area contributed by atoms with Crippen molar-refractivity contribution in [3.8, 4) is 17.3 Å². The molecule has 2 amide bonds. The molecule has 2 aromatic heterocycles. The number of hydrogen-bond acceptors (Lipinski definition) is 5. The van der Waals surface area contributed by atoms with Crippen LogP contribution in [0.25, 0.3) is 5.82 Å². The van der Waals surface area contributed by atoms with E-state index >= 15 is 0 Å². The molecule has 0 spiro atoms. The van der Waals surface area contributed by atoms with Crippen molar-refractivity contribution in [2.75, 3.05) is 18.7 Å². The molecule has 8 nitrogen and oxygen atoms in total. The maximum Gasteiger partial charge on any atom is 0.319 e. The molecule has 0 aliphatic carbocycles. The molecule has 1 aliphatic rings. The Morgan fingerprint density at radius 2 is 2.04 bits per heavy atom. The molecule has 4 rings (SSSR count). The predicted octanol–water partition coefficient (Wildman–Crippen LogP) is 2.98. The second-order valence-electron chi connectivity index (χ2n) is 6.45. The van der Waals surface area contributed by atoms with Gasteiger partial charge in [-0.3, -0.25) is 0 Å². The zero-order valence-electron chi connectivity index (χ0n) is 15.7. The average molecular weight is 379 g/mol. The molecule has 1 aliphatic heterocycles. The van der Waals surface area contributed by atoms with Crippen LogP contribution in [0.15, 0.2) is 42.6 Å². The highest BCUT2D eigenvalue weighted by molar-refractivity contribution is 5.89.